The molecule has 3 aromatic carbocycles. The van der Waals surface area contributed by atoms with Crippen LogP contribution in [0.5, 0.6) is 0 Å². The second-order valence-electron chi connectivity index (χ2n) is 14.0. The molecule has 2 amide bonds. The van der Waals surface area contributed by atoms with Crippen LogP contribution in [0.1, 0.15) is 56.6 Å². The van der Waals surface area contributed by atoms with Gasteiger partial charge in [0.1, 0.15) is 0 Å². The number of hydrogen-bond donors (Lipinski definition) is 4. The van der Waals surface area contributed by atoms with Crippen molar-refractivity contribution in [1.29, 1.82) is 0 Å². The molecule has 0 bridgehead atoms. The maximum atomic E-state index is 13.3. The molecule has 8 rings (SSSR count). The third-order valence-corrected chi connectivity index (χ3v) is 10.5. The fourth-order valence-electron chi connectivity index (χ4n) is 7.62. The van der Waals surface area contributed by atoms with Gasteiger partial charge < -0.3 is 31.1 Å². The van der Waals surface area contributed by atoms with E-state index in [-0.39, 0.29) is 24.4 Å². The Hall–Kier alpha value is -5.33. The zero-order valence-electron chi connectivity index (χ0n) is 29.4. The Labute approximate surface area is 297 Å². The van der Waals surface area contributed by atoms with Crippen molar-refractivity contribution in [2.45, 2.75) is 58.8 Å². The highest BCUT2D eigenvalue weighted by Crippen LogP contribution is 2.30. The SMILES string of the molecule is Cc1cccc(C)c1Nc1nn(C)c2nc(Nc3ccc4c(c3)CN(C(=O)CNCc3ccc5c(c3)CN(C3CCCNC3)C5=O)CC4)ncc12. The van der Waals surface area contributed by atoms with E-state index in [1.54, 1.807) is 10.9 Å². The number of aromatic nitrogens is 4. The Bertz CT molecular complexity index is 2120. The van der Waals surface area contributed by atoms with Gasteiger partial charge in [-0.25, -0.2) is 9.67 Å². The first kappa shape index (κ1) is 32.9. The van der Waals surface area contributed by atoms with Crippen molar-refractivity contribution in [2.75, 3.05) is 36.8 Å². The predicted molar refractivity (Wildman–Crippen MR) is 198 cm³/mol. The second-order valence-corrected chi connectivity index (χ2v) is 14.0. The van der Waals surface area contributed by atoms with E-state index in [0.717, 1.165) is 88.1 Å². The van der Waals surface area contributed by atoms with E-state index in [1.807, 2.05) is 41.1 Å². The summed E-state index contributed by atoms with van der Waals surface area (Å²) in [5.41, 5.74) is 10.2. The zero-order chi connectivity index (χ0) is 35.1. The van der Waals surface area contributed by atoms with Crippen LogP contribution in [0.3, 0.4) is 0 Å². The maximum Gasteiger partial charge on any atom is 0.254 e. The number of amides is 2. The highest BCUT2D eigenvalue weighted by Gasteiger charge is 2.33. The summed E-state index contributed by atoms with van der Waals surface area (Å²) in [6.45, 7) is 8.76. The number of hydrogen-bond acceptors (Lipinski definition) is 9. The molecule has 2 aromatic heterocycles. The van der Waals surface area contributed by atoms with Crippen LogP contribution in [0.15, 0.2) is 60.8 Å². The molecule has 51 heavy (non-hydrogen) atoms. The first-order valence-electron chi connectivity index (χ1n) is 17.8. The summed E-state index contributed by atoms with van der Waals surface area (Å²) in [5.74, 6) is 1.40. The van der Waals surface area contributed by atoms with Gasteiger partial charge in [0.15, 0.2) is 11.5 Å². The molecule has 0 radical (unpaired) electrons. The van der Waals surface area contributed by atoms with Crippen molar-refractivity contribution in [1.82, 2.24) is 40.2 Å². The van der Waals surface area contributed by atoms with Crippen molar-refractivity contribution in [3.05, 3.63) is 99.7 Å². The molecule has 4 N–H and O–H groups in total. The van der Waals surface area contributed by atoms with E-state index in [4.69, 9.17) is 4.98 Å². The highest BCUT2D eigenvalue weighted by molar-refractivity contribution is 5.98. The Morgan fingerprint density at radius 1 is 1.00 bits per heavy atom. The van der Waals surface area contributed by atoms with Crippen LogP contribution in [0.25, 0.3) is 11.0 Å². The van der Waals surface area contributed by atoms with Crippen molar-refractivity contribution in [3.8, 4) is 0 Å². The van der Waals surface area contributed by atoms with Crippen molar-refractivity contribution < 1.29 is 9.59 Å². The van der Waals surface area contributed by atoms with Crippen molar-refractivity contribution in [3.63, 3.8) is 0 Å². The van der Waals surface area contributed by atoms with E-state index < -0.39 is 0 Å². The lowest BCUT2D eigenvalue weighted by Crippen LogP contribution is -2.46. The second kappa shape index (κ2) is 13.8. The quantitative estimate of drug-likeness (QED) is 0.172. The molecular weight excluding hydrogens is 640 g/mol. The summed E-state index contributed by atoms with van der Waals surface area (Å²) < 4.78 is 1.76. The number of fused-ring (bicyclic) bond motifs is 3. The number of benzene rings is 3. The lowest BCUT2D eigenvalue weighted by molar-refractivity contribution is -0.131. The minimum absolute atomic E-state index is 0.0709. The summed E-state index contributed by atoms with van der Waals surface area (Å²) in [4.78, 5) is 39.7. The van der Waals surface area contributed by atoms with Gasteiger partial charge in [-0.1, -0.05) is 36.4 Å². The monoisotopic (exact) mass is 684 g/mol. The number of carbonyl (C=O) groups excluding carboxylic acids is 2. The topological polar surface area (TPSA) is 132 Å². The molecule has 0 saturated carbocycles. The molecule has 3 aliphatic heterocycles. The molecule has 5 heterocycles. The van der Waals surface area contributed by atoms with Gasteiger partial charge in [-0.2, -0.15) is 10.1 Å². The van der Waals surface area contributed by atoms with E-state index in [1.165, 1.54) is 5.56 Å². The van der Waals surface area contributed by atoms with Gasteiger partial charge in [0.2, 0.25) is 11.9 Å². The number of piperidine rings is 1. The molecule has 1 saturated heterocycles. The number of rotatable bonds is 9. The number of nitrogens with zero attached hydrogens (tertiary/aromatic N) is 6. The minimum atomic E-state index is 0.0709. The standard InChI is InChI=1S/C39H44N10O2/c1-24-6-4-7-25(2)35(24)44-36-33-20-42-39(45-37(33)47(3)46-36)43-30-11-10-27-13-15-48(22-28(27)17-30)34(50)21-41-18-26-9-12-32-29(16-26)23-49(38(32)51)31-8-5-14-40-19-31/h4,6-7,9-12,16-17,20,31,40-41H,5,8,13-15,18-19,21-23H2,1-3H3,(H,44,46)(H,42,43,45). The lowest BCUT2D eigenvalue weighted by Gasteiger charge is -2.31. The van der Waals surface area contributed by atoms with Crippen molar-refractivity contribution >= 4 is 46.0 Å². The Kier molecular flexibility index (Phi) is 8.87. The van der Waals surface area contributed by atoms with E-state index in [0.29, 0.717) is 37.9 Å². The first-order chi connectivity index (χ1) is 24.8. The molecule has 262 valence electrons. The molecule has 3 aliphatic rings. The Morgan fingerprint density at radius 2 is 1.86 bits per heavy atom. The summed E-state index contributed by atoms with van der Waals surface area (Å²) in [6, 6.07) is 18.8. The largest absolute Gasteiger partial charge is 0.338 e. The van der Waals surface area contributed by atoms with E-state index in [2.05, 4.69) is 75.5 Å². The molecule has 1 unspecified atom stereocenters. The number of nitrogens with one attached hydrogen (secondary N) is 4. The van der Waals surface area contributed by atoms with Gasteiger partial charge in [-0.05, 0) is 91.2 Å². The molecule has 5 aromatic rings. The molecule has 1 atom stereocenters. The predicted octanol–water partition coefficient (Wildman–Crippen LogP) is 4.85. The van der Waals surface area contributed by atoms with E-state index in [9.17, 15) is 9.59 Å². The minimum Gasteiger partial charge on any atom is -0.338 e. The fourth-order valence-corrected chi connectivity index (χ4v) is 7.62. The van der Waals surface area contributed by atoms with Gasteiger partial charge in [0, 0.05) is 68.9 Å². The number of para-hydroxylation sites is 1. The summed E-state index contributed by atoms with van der Waals surface area (Å²) in [7, 11) is 1.88. The van der Waals surface area contributed by atoms with Crippen LogP contribution in [-0.2, 0) is 37.9 Å². The van der Waals surface area contributed by atoms with Gasteiger partial charge in [0.25, 0.3) is 5.91 Å². The summed E-state index contributed by atoms with van der Waals surface area (Å²) >= 11 is 0. The van der Waals surface area contributed by atoms with Crippen LogP contribution in [-0.4, -0.2) is 73.6 Å². The average Bonchev–Trinajstić information content (AvgIpc) is 3.64. The number of anilines is 4. The van der Waals surface area contributed by atoms with Crippen LogP contribution in [0.2, 0.25) is 0 Å². The summed E-state index contributed by atoms with van der Waals surface area (Å²) in [5, 5.41) is 19.1. The Morgan fingerprint density at radius 3 is 2.69 bits per heavy atom. The first-order valence-corrected chi connectivity index (χ1v) is 17.8. The average molecular weight is 685 g/mol. The molecular formula is C39H44N10O2. The van der Waals surface area contributed by atoms with Crippen LogP contribution in [0.4, 0.5) is 23.1 Å². The molecule has 0 aliphatic carbocycles. The number of aryl methyl sites for hydroxylation is 3. The van der Waals surface area contributed by atoms with Gasteiger partial charge in [-0.3, -0.25) is 9.59 Å². The van der Waals surface area contributed by atoms with Crippen molar-refractivity contribution in [2.24, 2.45) is 7.05 Å². The molecule has 0 spiro atoms. The fraction of sp³-hybridized carbons (Fsp3) is 0.359. The van der Waals surface area contributed by atoms with Crippen LogP contribution >= 0.6 is 0 Å². The lowest BCUT2D eigenvalue weighted by atomic mass is 9.99. The summed E-state index contributed by atoms with van der Waals surface area (Å²) in [6.07, 6.45) is 4.75. The Balaban J connectivity index is 0.876. The zero-order valence-corrected chi connectivity index (χ0v) is 29.4. The number of carbonyl (C=O) groups is 2. The highest BCUT2D eigenvalue weighted by atomic mass is 16.2. The van der Waals surface area contributed by atoms with Gasteiger partial charge in [-0.15, -0.1) is 0 Å². The molecule has 1 fully saturated rings. The molecule has 12 nitrogen and oxygen atoms in total. The van der Waals surface area contributed by atoms with Gasteiger partial charge in [0.05, 0.1) is 11.9 Å². The third kappa shape index (κ3) is 6.64. The maximum absolute atomic E-state index is 13.3. The van der Waals surface area contributed by atoms with Crippen LogP contribution < -0.4 is 21.3 Å². The van der Waals surface area contributed by atoms with Gasteiger partial charge >= 0.3 is 0 Å². The smallest absolute Gasteiger partial charge is 0.254 e. The van der Waals surface area contributed by atoms with E-state index >= 15 is 0 Å². The van der Waals surface area contributed by atoms with Crippen LogP contribution in [0, 0.1) is 13.8 Å². The normalized spacial score (nSPS) is 17.1. The molecule has 12 heteroatoms. The third-order valence-electron chi connectivity index (χ3n) is 10.5.